The number of nitrogens with zero attached hydrogens (tertiary/aromatic N) is 2. The smallest absolute Gasteiger partial charge is 0.420 e. The summed E-state index contributed by atoms with van der Waals surface area (Å²) in [5, 5.41) is 0.596. The van der Waals surface area contributed by atoms with Gasteiger partial charge in [-0.15, -0.1) is 0 Å². The van der Waals surface area contributed by atoms with Crippen LogP contribution in [0.25, 0.3) is 11.0 Å². The summed E-state index contributed by atoms with van der Waals surface area (Å²) in [5.74, 6) is 0.740. The molecule has 0 atom stereocenters. The second-order valence-corrected chi connectivity index (χ2v) is 5.90. The molecule has 0 amide bonds. The quantitative estimate of drug-likeness (QED) is 0.781. The predicted molar refractivity (Wildman–Crippen MR) is 80.5 cm³/mol. The Balaban J connectivity index is 2.50. The van der Waals surface area contributed by atoms with Crippen molar-refractivity contribution in [2.75, 3.05) is 7.11 Å². The average Bonchev–Trinajstić information content (AvgIpc) is 2.79. The summed E-state index contributed by atoms with van der Waals surface area (Å²) in [6, 6.07) is 3.62. The summed E-state index contributed by atoms with van der Waals surface area (Å²) in [5.41, 5.74) is 1.80. The van der Waals surface area contributed by atoms with E-state index in [-0.39, 0.29) is 0 Å². The zero-order chi connectivity index (χ0) is 14.9. The largest absolute Gasteiger partial charge is 0.496 e. The van der Waals surface area contributed by atoms with Crippen molar-refractivity contribution >= 4 is 33.1 Å². The minimum atomic E-state index is -0.543. The number of ether oxygens (including phenoxy) is 2. The fourth-order valence-electron chi connectivity index (χ4n) is 1.90. The van der Waals surface area contributed by atoms with Crippen LogP contribution in [0.3, 0.4) is 0 Å². The van der Waals surface area contributed by atoms with E-state index >= 15 is 0 Å². The van der Waals surface area contributed by atoms with Gasteiger partial charge >= 0.3 is 6.09 Å². The number of benzene rings is 1. The third kappa shape index (κ3) is 2.80. The molecule has 0 saturated heterocycles. The molecule has 108 valence electrons. The fraction of sp³-hybridized carbons (Fsp3) is 0.429. The molecule has 0 fully saturated rings. The summed E-state index contributed by atoms with van der Waals surface area (Å²) in [6.07, 6.45) is 1.04. The highest BCUT2D eigenvalue weighted by atomic mass is 79.9. The minimum absolute atomic E-state index is 0.439. The van der Waals surface area contributed by atoms with Crippen LogP contribution in [0.1, 0.15) is 26.3 Å². The average molecular weight is 341 g/mol. The zero-order valence-corrected chi connectivity index (χ0v) is 13.5. The molecule has 0 aliphatic rings. The molecule has 1 aromatic carbocycles. The molecular formula is C14H17BrN2O3. The molecule has 6 heteroatoms. The molecule has 2 aromatic rings. The van der Waals surface area contributed by atoms with Crippen molar-refractivity contribution in [2.45, 2.75) is 31.7 Å². The van der Waals surface area contributed by atoms with Gasteiger partial charge in [0.15, 0.2) is 0 Å². The number of carbonyl (C=O) groups excluding carboxylic acids is 1. The highest BCUT2D eigenvalue weighted by molar-refractivity contribution is 9.08. The van der Waals surface area contributed by atoms with E-state index in [1.54, 1.807) is 13.2 Å². The molecule has 0 N–H and O–H groups in total. The van der Waals surface area contributed by atoms with Crippen LogP contribution >= 0.6 is 15.9 Å². The van der Waals surface area contributed by atoms with Gasteiger partial charge in [0.25, 0.3) is 0 Å². The van der Waals surface area contributed by atoms with Crippen LogP contribution in [-0.2, 0) is 10.1 Å². The van der Waals surface area contributed by atoms with E-state index in [9.17, 15) is 4.79 Å². The maximum atomic E-state index is 12.1. The minimum Gasteiger partial charge on any atom is -0.496 e. The summed E-state index contributed by atoms with van der Waals surface area (Å²) in [7, 11) is 1.61. The standard InChI is InChI=1S/C14H17BrN2O3/c1-14(2,3)20-13(18)17-8-16-12-9(7-15)11(19-4)6-5-10(12)17/h5-6,8H,7H2,1-4H3. The lowest BCUT2D eigenvalue weighted by Gasteiger charge is -2.19. The van der Waals surface area contributed by atoms with Gasteiger partial charge in [0, 0.05) is 10.9 Å². The van der Waals surface area contributed by atoms with Crippen LogP contribution in [0.2, 0.25) is 0 Å². The Labute approximate surface area is 126 Å². The molecule has 0 unspecified atom stereocenters. The van der Waals surface area contributed by atoms with E-state index in [0.29, 0.717) is 10.8 Å². The molecule has 0 radical (unpaired) electrons. The van der Waals surface area contributed by atoms with E-state index in [0.717, 1.165) is 16.8 Å². The molecule has 0 saturated carbocycles. The summed E-state index contributed by atoms with van der Waals surface area (Å²) in [6.45, 7) is 5.49. The Morgan fingerprint density at radius 2 is 2.10 bits per heavy atom. The van der Waals surface area contributed by atoms with Crippen LogP contribution < -0.4 is 4.74 Å². The molecule has 1 heterocycles. The van der Waals surface area contributed by atoms with Crippen molar-refractivity contribution in [1.29, 1.82) is 0 Å². The van der Waals surface area contributed by atoms with Crippen LogP contribution in [0.5, 0.6) is 5.75 Å². The monoisotopic (exact) mass is 340 g/mol. The third-order valence-electron chi connectivity index (χ3n) is 2.72. The molecule has 0 spiro atoms. The molecule has 0 aliphatic heterocycles. The zero-order valence-electron chi connectivity index (χ0n) is 11.9. The van der Waals surface area contributed by atoms with Crippen molar-refractivity contribution in [2.24, 2.45) is 0 Å². The van der Waals surface area contributed by atoms with Gasteiger partial charge in [-0.3, -0.25) is 0 Å². The topological polar surface area (TPSA) is 53.4 Å². The first-order valence-electron chi connectivity index (χ1n) is 6.19. The van der Waals surface area contributed by atoms with Gasteiger partial charge in [-0.25, -0.2) is 14.3 Å². The van der Waals surface area contributed by atoms with Crippen molar-refractivity contribution < 1.29 is 14.3 Å². The number of rotatable bonds is 2. The number of hydrogen-bond donors (Lipinski definition) is 0. The number of hydrogen-bond acceptors (Lipinski definition) is 4. The Morgan fingerprint density at radius 3 is 2.65 bits per heavy atom. The molecule has 2 rings (SSSR count). The second kappa shape index (κ2) is 5.44. The van der Waals surface area contributed by atoms with Crippen LogP contribution in [0.4, 0.5) is 4.79 Å². The normalized spacial score (nSPS) is 11.7. The fourth-order valence-corrected chi connectivity index (χ4v) is 2.44. The van der Waals surface area contributed by atoms with Gasteiger partial charge in [-0.2, -0.15) is 0 Å². The second-order valence-electron chi connectivity index (χ2n) is 5.34. The molecule has 1 aromatic heterocycles. The third-order valence-corrected chi connectivity index (χ3v) is 3.28. The van der Waals surface area contributed by atoms with E-state index < -0.39 is 11.7 Å². The maximum Gasteiger partial charge on any atom is 0.420 e. The number of fused-ring (bicyclic) bond motifs is 1. The van der Waals surface area contributed by atoms with Gasteiger partial charge in [-0.05, 0) is 32.9 Å². The van der Waals surface area contributed by atoms with Crippen LogP contribution in [0, 0.1) is 0 Å². The highest BCUT2D eigenvalue weighted by Crippen LogP contribution is 2.29. The van der Waals surface area contributed by atoms with E-state index in [2.05, 4.69) is 20.9 Å². The molecular weight excluding hydrogens is 324 g/mol. The Morgan fingerprint density at radius 1 is 1.40 bits per heavy atom. The number of aromatic nitrogens is 2. The van der Waals surface area contributed by atoms with Crippen molar-refractivity contribution in [3.63, 3.8) is 0 Å². The van der Waals surface area contributed by atoms with E-state index in [1.807, 2.05) is 26.8 Å². The number of methoxy groups -OCH3 is 1. The molecule has 20 heavy (non-hydrogen) atoms. The number of imidazole rings is 1. The van der Waals surface area contributed by atoms with Crippen molar-refractivity contribution in [3.8, 4) is 5.75 Å². The first kappa shape index (κ1) is 14.8. The lowest BCUT2D eigenvalue weighted by molar-refractivity contribution is 0.0543. The van der Waals surface area contributed by atoms with Crippen LogP contribution in [0.15, 0.2) is 18.5 Å². The van der Waals surface area contributed by atoms with Gasteiger partial charge in [0.2, 0.25) is 0 Å². The van der Waals surface area contributed by atoms with Crippen LogP contribution in [-0.4, -0.2) is 28.4 Å². The van der Waals surface area contributed by atoms with E-state index in [1.165, 1.54) is 10.9 Å². The lowest BCUT2D eigenvalue weighted by Crippen LogP contribution is -2.26. The van der Waals surface area contributed by atoms with Gasteiger partial charge < -0.3 is 9.47 Å². The summed E-state index contributed by atoms with van der Waals surface area (Å²) >= 11 is 3.42. The van der Waals surface area contributed by atoms with Gasteiger partial charge in [0.05, 0.1) is 18.1 Å². The molecule has 0 aliphatic carbocycles. The Hall–Kier alpha value is -1.56. The van der Waals surface area contributed by atoms with Gasteiger partial charge in [0.1, 0.15) is 17.7 Å². The maximum absolute atomic E-state index is 12.1. The summed E-state index contributed by atoms with van der Waals surface area (Å²) < 4.78 is 12.1. The SMILES string of the molecule is COc1ccc2c(ncn2C(=O)OC(C)(C)C)c1CBr. The van der Waals surface area contributed by atoms with Crippen molar-refractivity contribution in [1.82, 2.24) is 9.55 Å². The first-order valence-corrected chi connectivity index (χ1v) is 7.31. The Kier molecular flexibility index (Phi) is 4.04. The van der Waals surface area contributed by atoms with E-state index in [4.69, 9.17) is 9.47 Å². The number of alkyl halides is 1. The van der Waals surface area contributed by atoms with Crippen molar-refractivity contribution in [3.05, 3.63) is 24.0 Å². The molecule has 0 bridgehead atoms. The lowest BCUT2D eigenvalue weighted by atomic mass is 10.2. The first-order chi connectivity index (χ1) is 9.37. The Bertz CT molecular complexity index is 644. The predicted octanol–water partition coefficient (Wildman–Crippen LogP) is 3.72. The molecule has 5 nitrogen and oxygen atoms in total. The number of halogens is 1. The summed E-state index contributed by atoms with van der Waals surface area (Å²) in [4.78, 5) is 16.4. The number of carbonyl (C=O) groups is 1. The highest BCUT2D eigenvalue weighted by Gasteiger charge is 2.21. The van der Waals surface area contributed by atoms with Gasteiger partial charge in [-0.1, -0.05) is 15.9 Å².